The fourth-order valence-corrected chi connectivity index (χ4v) is 2.17. The van der Waals surface area contributed by atoms with Crippen LogP contribution in [-0.4, -0.2) is 9.97 Å². The number of hydrogen-bond donors (Lipinski definition) is 1. The fourth-order valence-electron chi connectivity index (χ4n) is 1.98. The zero-order valence-electron chi connectivity index (χ0n) is 11.5. The molecule has 2 aromatic heterocycles. The van der Waals surface area contributed by atoms with Crippen molar-refractivity contribution >= 4 is 17.4 Å². The molecule has 0 aliphatic carbocycles. The summed E-state index contributed by atoms with van der Waals surface area (Å²) >= 11 is 6.07. The van der Waals surface area contributed by atoms with E-state index >= 15 is 0 Å². The molecule has 0 aliphatic rings. The van der Waals surface area contributed by atoms with Crippen molar-refractivity contribution in [3.63, 3.8) is 0 Å². The monoisotopic (exact) mass is 299 g/mol. The van der Waals surface area contributed by atoms with E-state index in [9.17, 15) is 0 Å². The Labute approximate surface area is 127 Å². The number of anilines is 1. The highest BCUT2D eigenvalue weighted by Gasteiger charge is 2.06. The predicted octanol–water partition coefficient (Wildman–Crippen LogP) is 4.31. The van der Waals surface area contributed by atoms with Crippen molar-refractivity contribution in [1.29, 1.82) is 0 Å². The molecule has 1 aromatic carbocycles. The van der Waals surface area contributed by atoms with Gasteiger partial charge >= 0.3 is 0 Å². The Balaban J connectivity index is 1.81. The molecule has 2 heterocycles. The first-order valence-corrected chi connectivity index (χ1v) is 6.98. The van der Waals surface area contributed by atoms with Gasteiger partial charge in [-0.2, -0.15) is 0 Å². The van der Waals surface area contributed by atoms with Crippen molar-refractivity contribution in [3.8, 4) is 11.4 Å². The molecule has 4 nitrogen and oxygen atoms in total. The molecule has 0 radical (unpaired) electrons. The molecule has 0 bridgehead atoms. The molecule has 106 valence electrons. The van der Waals surface area contributed by atoms with Crippen LogP contribution in [-0.2, 0) is 6.54 Å². The van der Waals surface area contributed by atoms with Gasteiger partial charge in [-0.1, -0.05) is 41.9 Å². The maximum Gasteiger partial charge on any atom is 0.163 e. The maximum absolute atomic E-state index is 6.07. The first-order chi connectivity index (χ1) is 10.2. The van der Waals surface area contributed by atoms with Gasteiger partial charge in [0.15, 0.2) is 5.82 Å². The molecule has 0 saturated heterocycles. The highest BCUT2D eigenvalue weighted by molar-refractivity contribution is 6.29. The number of rotatable bonds is 4. The van der Waals surface area contributed by atoms with Gasteiger partial charge in [-0.05, 0) is 19.1 Å². The SMILES string of the molecule is Cc1ccc(CNc2cc(Cl)nc(-c3ccccc3)n2)o1. The van der Waals surface area contributed by atoms with Crippen molar-refractivity contribution in [2.45, 2.75) is 13.5 Å². The van der Waals surface area contributed by atoms with E-state index in [1.807, 2.05) is 49.4 Å². The number of nitrogens with zero attached hydrogens (tertiary/aromatic N) is 2. The number of benzene rings is 1. The molecule has 0 aliphatic heterocycles. The summed E-state index contributed by atoms with van der Waals surface area (Å²) in [6, 6.07) is 15.3. The second kappa shape index (κ2) is 5.97. The van der Waals surface area contributed by atoms with Gasteiger partial charge < -0.3 is 9.73 Å². The van der Waals surface area contributed by atoms with E-state index in [-0.39, 0.29) is 0 Å². The molecule has 0 unspecified atom stereocenters. The van der Waals surface area contributed by atoms with Crippen LogP contribution in [0, 0.1) is 6.92 Å². The lowest BCUT2D eigenvalue weighted by Gasteiger charge is -2.07. The number of halogens is 1. The second-order valence-electron chi connectivity index (χ2n) is 4.63. The molecule has 0 saturated carbocycles. The maximum atomic E-state index is 6.07. The molecular weight excluding hydrogens is 286 g/mol. The Morgan fingerprint density at radius 2 is 1.90 bits per heavy atom. The van der Waals surface area contributed by atoms with Gasteiger partial charge in [0.2, 0.25) is 0 Å². The Hall–Kier alpha value is -2.33. The van der Waals surface area contributed by atoms with Crippen LogP contribution in [0.25, 0.3) is 11.4 Å². The van der Waals surface area contributed by atoms with Crippen molar-refractivity contribution in [3.05, 3.63) is 65.2 Å². The minimum Gasteiger partial charge on any atom is -0.465 e. The average Bonchev–Trinajstić information content (AvgIpc) is 2.91. The van der Waals surface area contributed by atoms with Gasteiger partial charge in [-0.15, -0.1) is 0 Å². The van der Waals surface area contributed by atoms with E-state index in [4.69, 9.17) is 16.0 Å². The molecule has 3 rings (SSSR count). The van der Waals surface area contributed by atoms with E-state index in [0.29, 0.717) is 23.3 Å². The van der Waals surface area contributed by atoms with Crippen molar-refractivity contribution in [2.24, 2.45) is 0 Å². The lowest BCUT2D eigenvalue weighted by atomic mass is 10.2. The van der Waals surface area contributed by atoms with Crippen LogP contribution >= 0.6 is 11.6 Å². The molecule has 3 aromatic rings. The third kappa shape index (κ3) is 3.41. The van der Waals surface area contributed by atoms with Crippen LogP contribution in [0.1, 0.15) is 11.5 Å². The summed E-state index contributed by atoms with van der Waals surface area (Å²) in [6.07, 6.45) is 0. The Morgan fingerprint density at radius 1 is 1.10 bits per heavy atom. The third-order valence-electron chi connectivity index (χ3n) is 2.97. The van der Waals surface area contributed by atoms with Gasteiger partial charge in [-0.3, -0.25) is 0 Å². The Bertz CT molecular complexity index is 740. The number of aromatic nitrogens is 2. The standard InChI is InChI=1S/C16H14ClN3O/c1-11-7-8-13(21-11)10-18-15-9-14(17)19-16(20-15)12-5-3-2-4-6-12/h2-9H,10H2,1H3,(H,18,19,20). The minimum atomic E-state index is 0.405. The molecule has 0 amide bonds. The largest absolute Gasteiger partial charge is 0.465 e. The quantitative estimate of drug-likeness (QED) is 0.729. The van der Waals surface area contributed by atoms with E-state index in [0.717, 1.165) is 17.1 Å². The van der Waals surface area contributed by atoms with Crippen LogP contribution in [0.2, 0.25) is 5.15 Å². The van der Waals surface area contributed by atoms with E-state index in [1.54, 1.807) is 6.07 Å². The zero-order valence-corrected chi connectivity index (χ0v) is 12.3. The topological polar surface area (TPSA) is 51.0 Å². The van der Waals surface area contributed by atoms with E-state index in [2.05, 4.69) is 15.3 Å². The molecule has 21 heavy (non-hydrogen) atoms. The molecule has 5 heteroatoms. The summed E-state index contributed by atoms with van der Waals surface area (Å²) in [7, 11) is 0. The fraction of sp³-hybridized carbons (Fsp3) is 0.125. The summed E-state index contributed by atoms with van der Waals surface area (Å²) in [5, 5.41) is 3.60. The molecule has 1 N–H and O–H groups in total. The summed E-state index contributed by atoms with van der Waals surface area (Å²) in [6.45, 7) is 2.47. The lowest BCUT2D eigenvalue weighted by Crippen LogP contribution is -2.02. The van der Waals surface area contributed by atoms with Crippen LogP contribution < -0.4 is 5.32 Å². The van der Waals surface area contributed by atoms with Gasteiger partial charge in [0.05, 0.1) is 6.54 Å². The highest BCUT2D eigenvalue weighted by Crippen LogP contribution is 2.20. The average molecular weight is 300 g/mol. The van der Waals surface area contributed by atoms with Crippen LogP contribution in [0.5, 0.6) is 0 Å². The van der Waals surface area contributed by atoms with E-state index < -0.39 is 0 Å². The normalized spacial score (nSPS) is 10.6. The molecule has 0 atom stereocenters. The molecule has 0 fully saturated rings. The van der Waals surface area contributed by atoms with E-state index in [1.165, 1.54) is 0 Å². The van der Waals surface area contributed by atoms with Crippen molar-refractivity contribution < 1.29 is 4.42 Å². The highest BCUT2D eigenvalue weighted by atomic mass is 35.5. The zero-order chi connectivity index (χ0) is 14.7. The van der Waals surface area contributed by atoms with Gasteiger partial charge in [-0.25, -0.2) is 9.97 Å². The number of hydrogen-bond acceptors (Lipinski definition) is 4. The van der Waals surface area contributed by atoms with Gasteiger partial charge in [0.25, 0.3) is 0 Å². The second-order valence-corrected chi connectivity index (χ2v) is 5.02. The first-order valence-electron chi connectivity index (χ1n) is 6.60. The first kappa shape index (κ1) is 13.6. The number of aryl methyl sites for hydroxylation is 1. The minimum absolute atomic E-state index is 0.405. The predicted molar refractivity (Wildman–Crippen MR) is 83.2 cm³/mol. The van der Waals surface area contributed by atoms with Crippen molar-refractivity contribution in [2.75, 3.05) is 5.32 Å². The van der Waals surface area contributed by atoms with Crippen LogP contribution in [0.15, 0.2) is 52.9 Å². The Morgan fingerprint density at radius 3 is 2.62 bits per heavy atom. The summed E-state index contributed by atoms with van der Waals surface area (Å²) in [5.41, 5.74) is 0.928. The molecular formula is C16H14ClN3O. The van der Waals surface area contributed by atoms with Crippen molar-refractivity contribution in [1.82, 2.24) is 9.97 Å². The van der Waals surface area contributed by atoms with Gasteiger partial charge in [0.1, 0.15) is 22.5 Å². The third-order valence-corrected chi connectivity index (χ3v) is 3.16. The number of furan rings is 1. The Kier molecular flexibility index (Phi) is 3.88. The summed E-state index contributed by atoms with van der Waals surface area (Å²) in [5.74, 6) is 3.00. The summed E-state index contributed by atoms with van der Waals surface area (Å²) in [4.78, 5) is 8.73. The van der Waals surface area contributed by atoms with Crippen LogP contribution in [0.4, 0.5) is 5.82 Å². The van der Waals surface area contributed by atoms with Gasteiger partial charge in [0, 0.05) is 11.6 Å². The lowest BCUT2D eigenvalue weighted by molar-refractivity contribution is 0.490. The smallest absolute Gasteiger partial charge is 0.163 e. The molecule has 0 spiro atoms. The van der Waals surface area contributed by atoms with Crippen LogP contribution in [0.3, 0.4) is 0 Å². The number of nitrogens with one attached hydrogen (secondary N) is 1. The summed E-state index contributed by atoms with van der Waals surface area (Å²) < 4.78 is 5.51.